The average molecular weight is 354 g/mol. The van der Waals surface area contributed by atoms with Gasteiger partial charge in [-0.15, -0.1) is 21.2 Å². The van der Waals surface area contributed by atoms with Crippen molar-refractivity contribution in [1.29, 1.82) is 0 Å². The molecule has 1 N–H and O–H groups in total. The van der Waals surface area contributed by atoms with Crippen LogP contribution >= 0.6 is 23.1 Å². The maximum atomic E-state index is 4.61. The Kier molecular flexibility index (Phi) is 4.14. The SMILES string of the molecule is CCSc1nc2ccc(Nn3nnnc3-c3ccccc3)cc2s1. The van der Waals surface area contributed by atoms with E-state index in [0.29, 0.717) is 5.82 Å². The van der Waals surface area contributed by atoms with Gasteiger partial charge in [-0.05, 0) is 34.4 Å². The van der Waals surface area contributed by atoms with E-state index in [-0.39, 0.29) is 0 Å². The predicted molar refractivity (Wildman–Crippen MR) is 98.3 cm³/mol. The van der Waals surface area contributed by atoms with Crippen molar-refractivity contribution in [2.45, 2.75) is 11.3 Å². The van der Waals surface area contributed by atoms with Crippen LogP contribution in [-0.4, -0.2) is 31.1 Å². The molecule has 0 saturated heterocycles. The highest BCUT2D eigenvalue weighted by atomic mass is 32.2. The van der Waals surface area contributed by atoms with Crippen LogP contribution in [0.15, 0.2) is 52.9 Å². The first-order valence-corrected chi connectivity index (χ1v) is 9.28. The van der Waals surface area contributed by atoms with Gasteiger partial charge in [0.05, 0.1) is 15.9 Å². The maximum Gasteiger partial charge on any atom is 0.204 e. The van der Waals surface area contributed by atoms with Gasteiger partial charge >= 0.3 is 0 Å². The molecule has 0 amide bonds. The van der Waals surface area contributed by atoms with Crippen molar-refractivity contribution in [3.63, 3.8) is 0 Å². The zero-order chi connectivity index (χ0) is 16.4. The fourth-order valence-corrected chi connectivity index (χ4v) is 4.31. The number of hydrogen-bond acceptors (Lipinski definition) is 7. The van der Waals surface area contributed by atoms with Crippen LogP contribution in [-0.2, 0) is 0 Å². The highest BCUT2D eigenvalue weighted by molar-refractivity contribution is 8.01. The first-order chi connectivity index (χ1) is 11.8. The van der Waals surface area contributed by atoms with E-state index in [0.717, 1.165) is 31.6 Å². The minimum Gasteiger partial charge on any atom is -0.275 e. The number of hydrogen-bond donors (Lipinski definition) is 1. The average Bonchev–Trinajstić information content (AvgIpc) is 3.22. The third-order valence-electron chi connectivity index (χ3n) is 3.37. The van der Waals surface area contributed by atoms with Gasteiger partial charge in [-0.3, -0.25) is 5.43 Å². The molecular formula is C16H14N6S2. The topological polar surface area (TPSA) is 68.5 Å². The van der Waals surface area contributed by atoms with Crippen LogP contribution in [0.4, 0.5) is 5.69 Å². The minimum absolute atomic E-state index is 0.669. The molecule has 0 aliphatic rings. The van der Waals surface area contributed by atoms with E-state index in [2.05, 4.69) is 38.9 Å². The molecule has 0 aliphatic heterocycles. The molecule has 6 nitrogen and oxygen atoms in total. The molecule has 0 bridgehead atoms. The van der Waals surface area contributed by atoms with Crippen LogP contribution in [0, 0.1) is 0 Å². The normalized spacial score (nSPS) is 11.0. The lowest BCUT2D eigenvalue weighted by atomic mass is 10.2. The number of fused-ring (bicyclic) bond motifs is 1. The molecule has 24 heavy (non-hydrogen) atoms. The van der Waals surface area contributed by atoms with Crippen LogP contribution in [0.1, 0.15) is 6.92 Å². The second kappa shape index (κ2) is 6.58. The zero-order valence-corrected chi connectivity index (χ0v) is 14.5. The standard InChI is InChI=1S/C16H14N6S2/c1-2-23-16-17-13-9-8-12(10-14(13)24-16)19-22-15(18-20-21-22)11-6-4-3-5-7-11/h3-10,19H,2H2,1H3. The Morgan fingerprint density at radius 3 is 2.88 bits per heavy atom. The van der Waals surface area contributed by atoms with Crippen LogP contribution in [0.25, 0.3) is 21.6 Å². The minimum atomic E-state index is 0.669. The van der Waals surface area contributed by atoms with Crippen molar-refractivity contribution in [1.82, 2.24) is 25.3 Å². The molecule has 2 heterocycles. The Morgan fingerprint density at radius 1 is 1.17 bits per heavy atom. The van der Waals surface area contributed by atoms with Crippen LogP contribution in [0.2, 0.25) is 0 Å². The van der Waals surface area contributed by atoms with Crippen molar-refractivity contribution < 1.29 is 0 Å². The molecule has 120 valence electrons. The van der Waals surface area contributed by atoms with Gasteiger partial charge in [0.15, 0.2) is 4.34 Å². The summed E-state index contributed by atoms with van der Waals surface area (Å²) in [6.45, 7) is 2.13. The summed E-state index contributed by atoms with van der Waals surface area (Å²) in [6.07, 6.45) is 0. The molecule has 2 aromatic heterocycles. The highest BCUT2D eigenvalue weighted by Crippen LogP contribution is 2.31. The molecule has 0 radical (unpaired) electrons. The summed E-state index contributed by atoms with van der Waals surface area (Å²) in [5.74, 6) is 1.69. The Hall–Kier alpha value is -2.45. The molecule has 4 aromatic rings. The Morgan fingerprint density at radius 2 is 2.04 bits per heavy atom. The lowest BCUT2D eigenvalue weighted by Gasteiger charge is -2.07. The molecule has 4 rings (SSSR count). The van der Waals surface area contributed by atoms with Crippen LogP contribution in [0.5, 0.6) is 0 Å². The Balaban J connectivity index is 1.64. The summed E-state index contributed by atoms with van der Waals surface area (Å²) in [6, 6.07) is 15.9. The van der Waals surface area contributed by atoms with Crippen molar-refractivity contribution in [3.05, 3.63) is 48.5 Å². The van der Waals surface area contributed by atoms with Gasteiger partial charge in [-0.2, -0.15) is 0 Å². The Labute approximate surface area is 146 Å². The number of rotatable bonds is 5. The zero-order valence-electron chi connectivity index (χ0n) is 12.9. The first kappa shape index (κ1) is 15.1. The Bertz CT molecular complexity index is 963. The van der Waals surface area contributed by atoms with E-state index in [1.165, 1.54) is 0 Å². The smallest absolute Gasteiger partial charge is 0.204 e. The number of benzene rings is 2. The summed E-state index contributed by atoms with van der Waals surface area (Å²) >= 11 is 3.46. The molecule has 8 heteroatoms. The molecule has 0 spiro atoms. The first-order valence-electron chi connectivity index (χ1n) is 7.47. The third-order valence-corrected chi connectivity index (χ3v) is 5.42. The van der Waals surface area contributed by atoms with Crippen molar-refractivity contribution in [2.24, 2.45) is 0 Å². The lowest BCUT2D eigenvalue weighted by Crippen LogP contribution is -2.12. The fraction of sp³-hybridized carbons (Fsp3) is 0.125. The summed E-state index contributed by atoms with van der Waals surface area (Å²) in [5.41, 5.74) is 6.13. The van der Waals surface area contributed by atoms with E-state index in [1.807, 2.05) is 42.5 Å². The largest absolute Gasteiger partial charge is 0.275 e. The molecule has 0 fully saturated rings. The van der Waals surface area contributed by atoms with Gasteiger partial charge in [0, 0.05) is 5.56 Å². The van der Waals surface area contributed by atoms with E-state index >= 15 is 0 Å². The van der Waals surface area contributed by atoms with Gasteiger partial charge in [-0.25, -0.2) is 4.98 Å². The number of thiazole rings is 1. The number of nitrogens with one attached hydrogen (secondary N) is 1. The second-order valence-electron chi connectivity index (χ2n) is 4.99. The third kappa shape index (κ3) is 2.98. The van der Waals surface area contributed by atoms with E-state index in [4.69, 9.17) is 0 Å². The predicted octanol–water partition coefficient (Wildman–Crippen LogP) is 3.94. The monoisotopic (exact) mass is 354 g/mol. The van der Waals surface area contributed by atoms with Crippen molar-refractivity contribution in [2.75, 3.05) is 11.2 Å². The van der Waals surface area contributed by atoms with Gasteiger partial charge in [0.1, 0.15) is 0 Å². The molecule has 2 aromatic carbocycles. The van der Waals surface area contributed by atoms with Gasteiger partial charge in [0.2, 0.25) is 5.82 Å². The maximum absolute atomic E-state index is 4.61. The molecule has 0 atom stereocenters. The number of anilines is 1. The van der Waals surface area contributed by atoms with Crippen LogP contribution < -0.4 is 5.43 Å². The number of nitrogens with zero attached hydrogens (tertiary/aromatic N) is 5. The fourth-order valence-electron chi connectivity index (χ4n) is 2.31. The summed E-state index contributed by atoms with van der Waals surface area (Å²) in [5, 5.41) is 11.9. The van der Waals surface area contributed by atoms with E-state index in [9.17, 15) is 0 Å². The van der Waals surface area contributed by atoms with Crippen molar-refractivity contribution in [3.8, 4) is 11.4 Å². The van der Waals surface area contributed by atoms with Gasteiger partial charge in [0.25, 0.3) is 0 Å². The van der Waals surface area contributed by atoms with E-state index < -0.39 is 0 Å². The lowest BCUT2D eigenvalue weighted by molar-refractivity contribution is 0.742. The molecular weight excluding hydrogens is 340 g/mol. The van der Waals surface area contributed by atoms with E-state index in [1.54, 1.807) is 27.9 Å². The molecule has 0 unspecified atom stereocenters. The second-order valence-corrected chi connectivity index (χ2v) is 7.53. The number of thioether (sulfide) groups is 1. The number of tetrazole rings is 1. The highest BCUT2D eigenvalue weighted by Gasteiger charge is 2.10. The van der Waals surface area contributed by atoms with Crippen molar-refractivity contribution >= 4 is 39.0 Å². The van der Waals surface area contributed by atoms with Crippen LogP contribution in [0.3, 0.4) is 0 Å². The summed E-state index contributed by atoms with van der Waals surface area (Å²) < 4.78 is 2.24. The molecule has 0 aliphatic carbocycles. The summed E-state index contributed by atoms with van der Waals surface area (Å²) in [7, 11) is 0. The quantitative estimate of drug-likeness (QED) is 0.548. The van der Waals surface area contributed by atoms with Gasteiger partial charge < -0.3 is 0 Å². The molecule has 0 saturated carbocycles. The summed E-state index contributed by atoms with van der Waals surface area (Å²) in [4.78, 5) is 6.19. The number of aromatic nitrogens is 5. The van der Waals surface area contributed by atoms with Gasteiger partial charge in [-0.1, -0.05) is 49.0 Å².